The first-order chi connectivity index (χ1) is 6.38. The van der Waals surface area contributed by atoms with Crippen molar-refractivity contribution in [2.24, 2.45) is 11.7 Å². The molecule has 1 fully saturated rings. The lowest BCUT2D eigenvalue weighted by atomic mass is 9.85. The van der Waals surface area contributed by atoms with Gasteiger partial charge in [0.25, 0.3) is 0 Å². The maximum absolute atomic E-state index is 5.43. The molecule has 2 N–H and O–H groups in total. The molecule has 1 heterocycles. The largest absolute Gasteiger partial charge is 0.330 e. The van der Waals surface area contributed by atoms with Crippen LogP contribution in [-0.2, 0) is 13.0 Å². The number of hydrogen-bond acceptors (Lipinski definition) is 3. The van der Waals surface area contributed by atoms with Crippen LogP contribution in [0.15, 0.2) is 6.20 Å². The van der Waals surface area contributed by atoms with Crippen LogP contribution in [0.1, 0.15) is 25.0 Å². The summed E-state index contributed by atoms with van der Waals surface area (Å²) in [5, 5.41) is 8.12. The predicted molar refractivity (Wildman–Crippen MR) is 50.1 cm³/mol. The molecule has 2 rings (SSSR count). The summed E-state index contributed by atoms with van der Waals surface area (Å²) in [6.07, 6.45) is 6.95. The zero-order valence-electron chi connectivity index (χ0n) is 7.82. The Bertz CT molecular complexity index is 264. The zero-order chi connectivity index (χ0) is 9.10. The summed E-state index contributed by atoms with van der Waals surface area (Å²) in [4.78, 5) is 0. The fourth-order valence-electron chi connectivity index (χ4n) is 1.63. The SMILES string of the molecule is NCCc1cn(CC2CCC2)nn1. The van der Waals surface area contributed by atoms with E-state index < -0.39 is 0 Å². The average molecular weight is 180 g/mol. The lowest BCUT2D eigenvalue weighted by Gasteiger charge is -2.24. The van der Waals surface area contributed by atoms with Crippen LogP contribution in [0.4, 0.5) is 0 Å². The summed E-state index contributed by atoms with van der Waals surface area (Å²) in [6, 6.07) is 0. The van der Waals surface area contributed by atoms with E-state index in [1.54, 1.807) is 0 Å². The Morgan fingerprint density at radius 3 is 3.00 bits per heavy atom. The molecule has 1 aromatic rings. The minimum absolute atomic E-state index is 0.655. The Kier molecular flexibility index (Phi) is 2.59. The predicted octanol–water partition coefficient (Wildman–Crippen LogP) is 0.579. The van der Waals surface area contributed by atoms with Crippen LogP contribution in [0, 0.1) is 5.92 Å². The molecule has 4 heteroatoms. The molecule has 0 aliphatic heterocycles. The average Bonchev–Trinajstić information content (AvgIpc) is 2.46. The van der Waals surface area contributed by atoms with Crippen LogP contribution in [0.5, 0.6) is 0 Å². The van der Waals surface area contributed by atoms with Crippen LogP contribution >= 0.6 is 0 Å². The maximum Gasteiger partial charge on any atom is 0.0839 e. The number of rotatable bonds is 4. The minimum atomic E-state index is 0.655. The highest BCUT2D eigenvalue weighted by atomic mass is 15.4. The van der Waals surface area contributed by atoms with Gasteiger partial charge < -0.3 is 5.73 Å². The molecule has 0 saturated heterocycles. The van der Waals surface area contributed by atoms with Gasteiger partial charge in [0.05, 0.1) is 5.69 Å². The van der Waals surface area contributed by atoms with Crippen molar-refractivity contribution in [2.45, 2.75) is 32.2 Å². The van der Waals surface area contributed by atoms with Gasteiger partial charge in [-0.3, -0.25) is 4.68 Å². The van der Waals surface area contributed by atoms with Gasteiger partial charge in [0.1, 0.15) is 0 Å². The van der Waals surface area contributed by atoms with Crippen LogP contribution in [0.3, 0.4) is 0 Å². The molecule has 4 nitrogen and oxygen atoms in total. The summed E-state index contributed by atoms with van der Waals surface area (Å²) in [6.45, 7) is 1.69. The van der Waals surface area contributed by atoms with Gasteiger partial charge in [0.2, 0.25) is 0 Å². The number of aromatic nitrogens is 3. The van der Waals surface area contributed by atoms with Crippen molar-refractivity contribution in [3.05, 3.63) is 11.9 Å². The molecule has 0 unspecified atom stereocenters. The molecule has 0 bridgehead atoms. The third-order valence-corrected chi connectivity index (χ3v) is 2.66. The summed E-state index contributed by atoms with van der Waals surface area (Å²) in [5.74, 6) is 0.840. The first-order valence-corrected chi connectivity index (χ1v) is 4.97. The number of nitrogens with two attached hydrogens (primary N) is 1. The van der Waals surface area contributed by atoms with Crippen molar-refractivity contribution in [3.8, 4) is 0 Å². The van der Waals surface area contributed by atoms with Gasteiger partial charge in [-0.1, -0.05) is 11.6 Å². The zero-order valence-corrected chi connectivity index (χ0v) is 7.82. The highest BCUT2D eigenvalue weighted by Crippen LogP contribution is 2.27. The molecule has 72 valence electrons. The summed E-state index contributed by atoms with van der Waals surface area (Å²) < 4.78 is 1.95. The molecule has 0 radical (unpaired) electrons. The van der Waals surface area contributed by atoms with Crippen LogP contribution in [0.2, 0.25) is 0 Å². The van der Waals surface area contributed by atoms with E-state index in [1.807, 2.05) is 10.9 Å². The molecule has 1 aromatic heterocycles. The van der Waals surface area contributed by atoms with Crippen molar-refractivity contribution < 1.29 is 0 Å². The van der Waals surface area contributed by atoms with Crippen molar-refractivity contribution in [1.29, 1.82) is 0 Å². The van der Waals surface area contributed by atoms with Crippen molar-refractivity contribution in [1.82, 2.24) is 15.0 Å². The van der Waals surface area contributed by atoms with Gasteiger partial charge in [0.15, 0.2) is 0 Å². The third-order valence-electron chi connectivity index (χ3n) is 2.66. The van der Waals surface area contributed by atoms with E-state index in [-0.39, 0.29) is 0 Å². The summed E-state index contributed by atoms with van der Waals surface area (Å²) in [5.41, 5.74) is 6.45. The standard InChI is InChI=1S/C9H16N4/c10-5-4-9-7-13(12-11-9)6-8-2-1-3-8/h7-8H,1-6,10H2. The van der Waals surface area contributed by atoms with Crippen molar-refractivity contribution >= 4 is 0 Å². The first-order valence-electron chi connectivity index (χ1n) is 4.97. The van der Waals surface area contributed by atoms with E-state index in [2.05, 4.69) is 10.3 Å². The molecule has 0 amide bonds. The molecular weight excluding hydrogens is 164 g/mol. The second-order valence-electron chi connectivity index (χ2n) is 3.77. The lowest BCUT2D eigenvalue weighted by molar-refractivity contribution is 0.264. The Morgan fingerprint density at radius 1 is 1.54 bits per heavy atom. The Balaban J connectivity index is 1.88. The Hall–Kier alpha value is -0.900. The van der Waals surface area contributed by atoms with E-state index in [1.165, 1.54) is 19.3 Å². The van der Waals surface area contributed by atoms with Gasteiger partial charge in [-0.25, -0.2) is 0 Å². The summed E-state index contributed by atoms with van der Waals surface area (Å²) >= 11 is 0. The summed E-state index contributed by atoms with van der Waals surface area (Å²) in [7, 11) is 0. The van der Waals surface area contributed by atoms with Crippen LogP contribution in [0.25, 0.3) is 0 Å². The van der Waals surface area contributed by atoms with E-state index in [4.69, 9.17) is 5.73 Å². The van der Waals surface area contributed by atoms with Gasteiger partial charge >= 0.3 is 0 Å². The quantitative estimate of drug-likeness (QED) is 0.737. The third kappa shape index (κ3) is 2.06. The van der Waals surface area contributed by atoms with E-state index in [9.17, 15) is 0 Å². The normalized spacial score (nSPS) is 17.3. The van der Waals surface area contributed by atoms with Crippen molar-refractivity contribution in [2.75, 3.05) is 6.54 Å². The molecule has 0 spiro atoms. The topological polar surface area (TPSA) is 56.7 Å². The lowest BCUT2D eigenvalue weighted by Crippen LogP contribution is -2.18. The van der Waals surface area contributed by atoms with Crippen molar-refractivity contribution in [3.63, 3.8) is 0 Å². The molecule has 1 aliphatic rings. The van der Waals surface area contributed by atoms with Gasteiger partial charge in [-0.05, 0) is 25.3 Å². The second kappa shape index (κ2) is 3.87. The maximum atomic E-state index is 5.43. The first kappa shape index (κ1) is 8.69. The molecule has 1 aliphatic carbocycles. The molecular formula is C9H16N4. The van der Waals surface area contributed by atoms with Gasteiger partial charge in [-0.2, -0.15) is 0 Å². The van der Waals surface area contributed by atoms with E-state index in [0.717, 1.165) is 24.6 Å². The molecule has 0 aromatic carbocycles. The van der Waals surface area contributed by atoms with Gasteiger partial charge in [-0.15, -0.1) is 5.10 Å². The highest BCUT2D eigenvalue weighted by Gasteiger charge is 2.18. The molecule has 0 atom stereocenters. The second-order valence-corrected chi connectivity index (χ2v) is 3.77. The number of nitrogens with zero attached hydrogens (tertiary/aromatic N) is 3. The Morgan fingerprint density at radius 2 is 2.38 bits per heavy atom. The van der Waals surface area contributed by atoms with E-state index in [0.29, 0.717) is 6.54 Å². The molecule has 1 saturated carbocycles. The van der Waals surface area contributed by atoms with Crippen LogP contribution in [-0.4, -0.2) is 21.5 Å². The Labute approximate surface area is 78.1 Å². The van der Waals surface area contributed by atoms with E-state index >= 15 is 0 Å². The highest BCUT2D eigenvalue weighted by molar-refractivity contribution is 4.92. The fraction of sp³-hybridized carbons (Fsp3) is 0.778. The smallest absolute Gasteiger partial charge is 0.0839 e. The van der Waals surface area contributed by atoms with Gasteiger partial charge in [0, 0.05) is 19.2 Å². The molecule has 13 heavy (non-hydrogen) atoms. The van der Waals surface area contributed by atoms with Crippen LogP contribution < -0.4 is 5.73 Å². The minimum Gasteiger partial charge on any atom is -0.330 e. The fourth-order valence-corrected chi connectivity index (χ4v) is 1.63. The number of hydrogen-bond donors (Lipinski definition) is 1. The monoisotopic (exact) mass is 180 g/mol.